The van der Waals surface area contributed by atoms with Crippen LogP contribution in [0.2, 0.25) is 0 Å². The van der Waals surface area contributed by atoms with Gasteiger partial charge in [0.05, 0.1) is 0 Å². The highest BCUT2D eigenvalue weighted by Gasteiger charge is 2.29. The molecule has 1 aliphatic carbocycles. The van der Waals surface area contributed by atoms with Gasteiger partial charge in [0.2, 0.25) is 5.91 Å². The predicted molar refractivity (Wildman–Crippen MR) is 114 cm³/mol. The molecule has 1 saturated carbocycles. The van der Waals surface area contributed by atoms with E-state index in [4.69, 9.17) is 0 Å². The largest absolute Gasteiger partial charge is 0.330 e. The van der Waals surface area contributed by atoms with Crippen LogP contribution in [0.5, 0.6) is 0 Å². The highest BCUT2D eigenvalue weighted by atomic mass is 16.2. The Morgan fingerprint density at radius 2 is 1.28 bits per heavy atom. The molecule has 1 N–H and O–H groups in total. The Morgan fingerprint density at radius 3 is 1.76 bits per heavy atom. The molecular formula is C25H24N2O2. The number of anilines is 1. The van der Waals surface area contributed by atoms with Crippen LogP contribution in [0.4, 0.5) is 5.69 Å². The van der Waals surface area contributed by atoms with Crippen LogP contribution in [0, 0.1) is 5.92 Å². The SMILES string of the molecule is O=C(Nc1ccc(C(=O)N(Cc2ccccc2)Cc2ccccc2)cc1)C1CC1. The molecule has 146 valence electrons. The Labute approximate surface area is 171 Å². The first-order chi connectivity index (χ1) is 14.2. The Morgan fingerprint density at radius 1 is 0.759 bits per heavy atom. The van der Waals surface area contributed by atoms with E-state index in [2.05, 4.69) is 5.32 Å². The van der Waals surface area contributed by atoms with Crippen LogP contribution < -0.4 is 5.32 Å². The summed E-state index contributed by atoms with van der Waals surface area (Å²) in [7, 11) is 0. The molecule has 2 amide bonds. The van der Waals surface area contributed by atoms with Crippen molar-refractivity contribution in [2.75, 3.05) is 5.32 Å². The van der Waals surface area contributed by atoms with E-state index in [1.165, 1.54) is 0 Å². The van der Waals surface area contributed by atoms with Gasteiger partial charge in [0, 0.05) is 30.3 Å². The molecule has 3 aromatic carbocycles. The lowest BCUT2D eigenvalue weighted by molar-refractivity contribution is -0.117. The molecule has 0 spiro atoms. The van der Waals surface area contributed by atoms with Gasteiger partial charge in [0.15, 0.2) is 0 Å². The monoisotopic (exact) mass is 384 g/mol. The van der Waals surface area contributed by atoms with Crippen LogP contribution in [0.25, 0.3) is 0 Å². The Balaban J connectivity index is 1.51. The molecule has 1 aliphatic rings. The maximum absolute atomic E-state index is 13.2. The van der Waals surface area contributed by atoms with Gasteiger partial charge in [-0.05, 0) is 48.2 Å². The highest BCUT2D eigenvalue weighted by Crippen LogP contribution is 2.30. The molecule has 0 aromatic heterocycles. The van der Waals surface area contributed by atoms with Gasteiger partial charge >= 0.3 is 0 Å². The third-order valence-electron chi connectivity index (χ3n) is 5.07. The quantitative estimate of drug-likeness (QED) is 0.631. The lowest BCUT2D eigenvalue weighted by atomic mass is 10.1. The maximum atomic E-state index is 13.2. The van der Waals surface area contributed by atoms with Crippen LogP contribution in [0.3, 0.4) is 0 Å². The van der Waals surface area contributed by atoms with E-state index >= 15 is 0 Å². The van der Waals surface area contributed by atoms with Gasteiger partial charge in [-0.3, -0.25) is 9.59 Å². The normalized spacial score (nSPS) is 13.0. The average molecular weight is 384 g/mol. The second kappa shape index (κ2) is 8.74. The molecule has 0 atom stereocenters. The van der Waals surface area contributed by atoms with Gasteiger partial charge in [-0.15, -0.1) is 0 Å². The third-order valence-corrected chi connectivity index (χ3v) is 5.07. The fourth-order valence-electron chi connectivity index (χ4n) is 3.28. The summed E-state index contributed by atoms with van der Waals surface area (Å²) in [5.41, 5.74) is 3.52. The molecule has 0 unspecified atom stereocenters. The number of benzene rings is 3. The van der Waals surface area contributed by atoms with E-state index in [1.807, 2.05) is 65.6 Å². The van der Waals surface area contributed by atoms with Crippen molar-refractivity contribution >= 4 is 17.5 Å². The van der Waals surface area contributed by atoms with Crippen molar-refractivity contribution < 1.29 is 9.59 Å². The summed E-state index contributed by atoms with van der Waals surface area (Å²) in [6.07, 6.45) is 1.94. The molecular weight excluding hydrogens is 360 g/mol. The van der Waals surface area contributed by atoms with Crippen molar-refractivity contribution in [1.29, 1.82) is 0 Å². The molecule has 0 radical (unpaired) electrons. The summed E-state index contributed by atoms with van der Waals surface area (Å²) in [5, 5.41) is 2.92. The molecule has 0 heterocycles. The summed E-state index contributed by atoms with van der Waals surface area (Å²) in [4.78, 5) is 27.0. The van der Waals surface area contributed by atoms with E-state index in [0.717, 1.165) is 29.7 Å². The fraction of sp³-hybridized carbons (Fsp3) is 0.200. The van der Waals surface area contributed by atoms with Crippen LogP contribution in [-0.4, -0.2) is 16.7 Å². The molecule has 0 aliphatic heterocycles. The van der Waals surface area contributed by atoms with Gasteiger partial charge < -0.3 is 10.2 Å². The summed E-state index contributed by atoms with van der Waals surface area (Å²) in [6, 6.07) is 27.2. The third kappa shape index (κ3) is 5.11. The van der Waals surface area contributed by atoms with E-state index in [0.29, 0.717) is 18.7 Å². The molecule has 0 bridgehead atoms. The zero-order chi connectivity index (χ0) is 20.1. The van der Waals surface area contributed by atoms with Gasteiger partial charge in [-0.2, -0.15) is 0 Å². The van der Waals surface area contributed by atoms with E-state index in [9.17, 15) is 9.59 Å². The number of hydrogen-bond acceptors (Lipinski definition) is 2. The summed E-state index contributed by atoms with van der Waals surface area (Å²) >= 11 is 0. The molecule has 4 heteroatoms. The summed E-state index contributed by atoms with van der Waals surface area (Å²) in [5.74, 6) is 0.195. The van der Waals surface area contributed by atoms with Crippen LogP contribution >= 0.6 is 0 Å². The first-order valence-corrected chi connectivity index (χ1v) is 9.97. The zero-order valence-electron chi connectivity index (χ0n) is 16.3. The number of nitrogens with one attached hydrogen (secondary N) is 1. The number of amides is 2. The van der Waals surface area contributed by atoms with Crippen molar-refractivity contribution in [3.63, 3.8) is 0 Å². The minimum Gasteiger partial charge on any atom is -0.330 e. The van der Waals surface area contributed by atoms with Gasteiger partial charge in [0.1, 0.15) is 0 Å². The molecule has 0 saturated heterocycles. The Kier molecular flexibility index (Phi) is 5.71. The number of hydrogen-bond donors (Lipinski definition) is 1. The standard InChI is InChI=1S/C25H24N2O2/c28-24(21-11-12-21)26-23-15-13-22(14-16-23)25(29)27(17-19-7-3-1-4-8-19)18-20-9-5-2-6-10-20/h1-10,13-16,21H,11-12,17-18H2,(H,26,28). The second-order valence-corrected chi connectivity index (χ2v) is 7.47. The van der Waals surface area contributed by atoms with Gasteiger partial charge in [-0.25, -0.2) is 0 Å². The summed E-state index contributed by atoms with van der Waals surface area (Å²) in [6.45, 7) is 1.07. The number of rotatable bonds is 7. The molecule has 29 heavy (non-hydrogen) atoms. The van der Waals surface area contributed by atoms with Crippen molar-refractivity contribution in [3.05, 3.63) is 102 Å². The first-order valence-electron chi connectivity index (χ1n) is 9.97. The number of nitrogens with zero attached hydrogens (tertiary/aromatic N) is 1. The lowest BCUT2D eigenvalue weighted by Crippen LogP contribution is -2.30. The van der Waals surface area contributed by atoms with E-state index < -0.39 is 0 Å². The van der Waals surface area contributed by atoms with Crippen LogP contribution in [0.1, 0.15) is 34.3 Å². The Hall–Kier alpha value is -3.40. The number of carbonyl (C=O) groups excluding carboxylic acids is 2. The minimum absolute atomic E-state index is 0.0298. The van der Waals surface area contributed by atoms with Gasteiger partial charge in [-0.1, -0.05) is 60.7 Å². The van der Waals surface area contributed by atoms with Crippen molar-refractivity contribution in [2.24, 2.45) is 5.92 Å². The van der Waals surface area contributed by atoms with Crippen molar-refractivity contribution in [3.8, 4) is 0 Å². The molecule has 1 fully saturated rings. The molecule has 4 nitrogen and oxygen atoms in total. The van der Waals surface area contributed by atoms with E-state index in [1.54, 1.807) is 24.3 Å². The van der Waals surface area contributed by atoms with E-state index in [-0.39, 0.29) is 17.7 Å². The second-order valence-electron chi connectivity index (χ2n) is 7.47. The smallest absolute Gasteiger partial charge is 0.254 e. The predicted octanol–water partition coefficient (Wildman–Crippen LogP) is 4.88. The molecule has 4 rings (SSSR count). The maximum Gasteiger partial charge on any atom is 0.254 e. The first kappa shape index (κ1) is 18.9. The topological polar surface area (TPSA) is 49.4 Å². The average Bonchev–Trinajstić information content (AvgIpc) is 3.60. The highest BCUT2D eigenvalue weighted by molar-refractivity contribution is 5.96. The van der Waals surface area contributed by atoms with Crippen molar-refractivity contribution in [1.82, 2.24) is 4.90 Å². The van der Waals surface area contributed by atoms with Gasteiger partial charge in [0.25, 0.3) is 5.91 Å². The number of carbonyl (C=O) groups is 2. The van der Waals surface area contributed by atoms with Crippen molar-refractivity contribution in [2.45, 2.75) is 25.9 Å². The fourth-order valence-corrected chi connectivity index (χ4v) is 3.28. The Bertz CT molecular complexity index is 923. The lowest BCUT2D eigenvalue weighted by Gasteiger charge is -2.23. The zero-order valence-corrected chi connectivity index (χ0v) is 16.3. The summed E-state index contributed by atoms with van der Waals surface area (Å²) < 4.78 is 0. The minimum atomic E-state index is -0.0298. The van der Waals surface area contributed by atoms with Crippen LogP contribution in [-0.2, 0) is 17.9 Å². The van der Waals surface area contributed by atoms with Crippen LogP contribution in [0.15, 0.2) is 84.9 Å². The molecule has 3 aromatic rings.